The molecule has 4 rings (SSSR count). The monoisotopic (exact) mass is 426 g/mol. The number of halogens is 1. The highest BCUT2D eigenvalue weighted by atomic mass is 35.5. The Kier molecular flexibility index (Phi) is 5.81. The lowest BCUT2D eigenvalue weighted by Crippen LogP contribution is -2.50. The number of amides is 2. The van der Waals surface area contributed by atoms with Gasteiger partial charge in [0.05, 0.1) is 18.9 Å². The summed E-state index contributed by atoms with van der Waals surface area (Å²) in [5.74, 6) is 2.02. The second-order valence-electron chi connectivity index (χ2n) is 7.04. The van der Waals surface area contributed by atoms with Crippen molar-refractivity contribution in [2.75, 3.05) is 43.5 Å². The third-order valence-electron chi connectivity index (χ3n) is 5.08. The van der Waals surface area contributed by atoms with Gasteiger partial charge >= 0.3 is 6.03 Å². The number of ether oxygens (including phenoxy) is 1. The van der Waals surface area contributed by atoms with Crippen LogP contribution in [-0.2, 0) is 0 Å². The maximum absolute atomic E-state index is 12.5. The van der Waals surface area contributed by atoms with E-state index in [2.05, 4.69) is 15.2 Å². The lowest BCUT2D eigenvalue weighted by atomic mass is 10.1. The summed E-state index contributed by atoms with van der Waals surface area (Å²) in [6.07, 6.45) is 1.70. The van der Waals surface area contributed by atoms with E-state index in [1.807, 2.05) is 37.3 Å². The van der Waals surface area contributed by atoms with Crippen LogP contribution in [-0.4, -0.2) is 49.2 Å². The van der Waals surface area contributed by atoms with Crippen molar-refractivity contribution in [3.8, 4) is 17.1 Å². The summed E-state index contributed by atoms with van der Waals surface area (Å²) >= 11 is 5.99. The van der Waals surface area contributed by atoms with Gasteiger partial charge in [0.15, 0.2) is 11.7 Å². The Labute approximate surface area is 180 Å². The summed E-state index contributed by atoms with van der Waals surface area (Å²) in [6, 6.07) is 13.0. The number of anilines is 2. The van der Waals surface area contributed by atoms with E-state index < -0.39 is 0 Å². The van der Waals surface area contributed by atoms with Gasteiger partial charge in [0.2, 0.25) is 0 Å². The van der Waals surface area contributed by atoms with Crippen LogP contribution in [0, 0.1) is 6.92 Å². The number of benzene rings is 2. The van der Waals surface area contributed by atoms with Gasteiger partial charge in [0.25, 0.3) is 0 Å². The number of aromatic nitrogens is 1. The third kappa shape index (κ3) is 4.36. The molecule has 0 radical (unpaired) electrons. The predicted octanol–water partition coefficient (Wildman–Crippen LogP) is 4.67. The summed E-state index contributed by atoms with van der Waals surface area (Å²) in [7, 11) is 1.64. The maximum Gasteiger partial charge on any atom is 0.321 e. The minimum absolute atomic E-state index is 0.120. The molecule has 2 amide bonds. The van der Waals surface area contributed by atoms with Crippen molar-refractivity contribution in [3.05, 3.63) is 59.6 Å². The molecule has 156 valence electrons. The van der Waals surface area contributed by atoms with Crippen molar-refractivity contribution in [3.63, 3.8) is 0 Å². The quantitative estimate of drug-likeness (QED) is 0.656. The predicted molar refractivity (Wildman–Crippen MR) is 117 cm³/mol. The number of hydrogen-bond acceptors (Lipinski definition) is 5. The number of carbonyl (C=O) groups is 1. The Hall–Kier alpha value is -3.19. The number of oxazole rings is 1. The molecule has 0 unspecified atom stereocenters. The number of carbonyl (C=O) groups excluding carboxylic acids is 1. The Morgan fingerprint density at radius 2 is 1.97 bits per heavy atom. The summed E-state index contributed by atoms with van der Waals surface area (Å²) in [6.45, 7) is 4.52. The van der Waals surface area contributed by atoms with Gasteiger partial charge < -0.3 is 24.3 Å². The van der Waals surface area contributed by atoms with Gasteiger partial charge in [0.1, 0.15) is 5.75 Å². The molecule has 1 aliphatic rings. The fourth-order valence-corrected chi connectivity index (χ4v) is 3.69. The normalized spacial score (nSPS) is 14.0. The van der Waals surface area contributed by atoms with E-state index in [9.17, 15) is 4.79 Å². The molecule has 1 fully saturated rings. The second-order valence-corrected chi connectivity index (χ2v) is 7.48. The zero-order chi connectivity index (χ0) is 21.1. The Bertz CT molecular complexity index is 1040. The highest BCUT2D eigenvalue weighted by Crippen LogP contribution is 2.34. The number of nitrogens with zero attached hydrogens (tertiary/aromatic N) is 3. The van der Waals surface area contributed by atoms with Crippen LogP contribution in [0.4, 0.5) is 16.2 Å². The number of rotatable bonds is 4. The molecule has 7 nitrogen and oxygen atoms in total. The molecule has 2 aromatic carbocycles. The van der Waals surface area contributed by atoms with E-state index in [1.54, 1.807) is 30.3 Å². The van der Waals surface area contributed by atoms with Gasteiger partial charge in [-0.05, 0) is 30.3 Å². The van der Waals surface area contributed by atoms with Crippen LogP contribution >= 0.6 is 11.6 Å². The van der Waals surface area contributed by atoms with Gasteiger partial charge in [-0.3, -0.25) is 0 Å². The first kappa shape index (κ1) is 20.1. The maximum atomic E-state index is 12.5. The van der Waals surface area contributed by atoms with Crippen molar-refractivity contribution in [1.29, 1.82) is 0 Å². The lowest BCUT2D eigenvalue weighted by molar-refractivity contribution is 0.208. The van der Waals surface area contributed by atoms with E-state index in [0.717, 1.165) is 30.1 Å². The van der Waals surface area contributed by atoms with Crippen molar-refractivity contribution < 1.29 is 13.9 Å². The molecule has 30 heavy (non-hydrogen) atoms. The summed E-state index contributed by atoms with van der Waals surface area (Å²) in [5, 5.41) is 3.49. The molecule has 0 spiro atoms. The fraction of sp³-hybridized carbons (Fsp3) is 0.273. The number of piperazine rings is 1. The first-order valence-corrected chi connectivity index (χ1v) is 10.1. The Balaban J connectivity index is 1.40. The van der Waals surface area contributed by atoms with Crippen molar-refractivity contribution in [2.45, 2.75) is 6.92 Å². The molecule has 0 bridgehead atoms. The van der Waals surface area contributed by atoms with Crippen molar-refractivity contribution in [1.82, 2.24) is 9.88 Å². The van der Waals surface area contributed by atoms with Gasteiger partial charge in [-0.15, -0.1) is 0 Å². The number of methoxy groups -OCH3 is 1. The highest BCUT2D eigenvalue weighted by molar-refractivity contribution is 6.30. The molecule has 0 atom stereocenters. The summed E-state index contributed by atoms with van der Waals surface area (Å²) < 4.78 is 11.2. The minimum Gasteiger partial charge on any atom is -0.496 e. The van der Waals surface area contributed by atoms with E-state index in [1.165, 1.54) is 0 Å². The molecule has 8 heteroatoms. The first-order chi connectivity index (χ1) is 14.5. The standard InChI is InChI=1S/C22H23ClN4O3/c1-15-24-14-21(30-15)19-7-6-18(13-20(19)29-2)26-8-10-27(11-9-26)22(28)25-17-5-3-4-16(23)12-17/h3-7,12-14H,8-11H2,1-2H3,(H,25,28). The molecule has 1 saturated heterocycles. The zero-order valence-electron chi connectivity index (χ0n) is 16.9. The molecule has 1 aliphatic heterocycles. The van der Waals surface area contributed by atoms with Crippen LogP contribution in [0.25, 0.3) is 11.3 Å². The summed E-state index contributed by atoms with van der Waals surface area (Å²) in [5.41, 5.74) is 2.60. The van der Waals surface area contributed by atoms with Crippen LogP contribution in [0.5, 0.6) is 5.75 Å². The Morgan fingerprint density at radius 1 is 1.17 bits per heavy atom. The van der Waals surface area contributed by atoms with E-state index in [4.69, 9.17) is 20.8 Å². The fourth-order valence-electron chi connectivity index (χ4n) is 3.50. The van der Waals surface area contributed by atoms with Gasteiger partial charge in [-0.1, -0.05) is 17.7 Å². The van der Waals surface area contributed by atoms with Crippen LogP contribution in [0.15, 0.2) is 53.1 Å². The lowest BCUT2D eigenvalue weighted by Gasteiger charge is -2.36. The number of aryl methyl sites for hydroxylation is 1. The number of urea groups is 1. The van der Waals surface area contributed by atoms with E-state index in [-0.39, 0.29) is 6.03 Å². The van der Waals surface area contributed by atoms with Gasteiger partial charge in [0, 0.05) is 55.6 Å². The van der Waals surface area contributed by atoms with Crippen LogP contribution < -0.4 is 15.0 Å². The molecule has 0 aliphatic carbocycles. The van der Waals surface area contributed by atoms with E-state index in [0.29, 0.717) is 35.5 Å². The first-order valence-electron chi connectivity index (χ1n) is 9.71. The number of hydrogen-bond donors (Lipinski definition) is 1. The average molecular weight is 427 g/mol. The number of nitrogens with one attached hydrogen (secondary N) is 1. The molecular formula is C22H23ClN4O3. The van der Waals surface area contributed by atoms with Crippen LogP contribution in [0.1, 0.15) is 5.89 Å². The second kappa shape index (κ2) is 8.67. The minimum atomic E-state index is -0.120. The third-order valence-corrected chi connectivity index (χ3v) is 5.31. The molecular weight excluding hydrogens is 404 g/mol. The largest absolute Gasteiger partial charge is 0.496 e. The van der Waals surface area contributed by atoms with Crippen LogP contribution in [0.3, 0.4) is 0 Å². The SMILES string of the molecule is COc1cc(N2CCN(C(=O)Nc3cccc(Cl)c3)CC2)ccc1-c1cnc(C)o1. The molecule has 1 aromatic heterocycles. The average Bonchev–Trinajstić information content (AvgIpc) is 3.19. The molecule has 2 heterocycles. The Morgan fingerprint density at radius 3 is 2.63 bits per heavy atom. The molecule has 0 saturated carbocycles. The van der Waals surface area contributed by atoms with Crippen molar-refractivity contribution in [2.24, 2.45) is 0 Å². The van der Waals surface area contributed by atoms with E-state index >= 15 is 0 Å². The van der Waals surface area contributed by atoms with Gasteiger partial charge in [-0.2, -0.15) is 0 Å². The van der Waals surface area contributed by atoms with Crippen LogP contribution in [0.2, 0.25) is 5.02 Å². The van der Waals surface area contributed by atoms with Gasteiger partial charge in [-0.25, -0.2) is 9.78 Å². The smallest absolute Gasteiger partial charge is 0.321 e. The topological polar surface area (TPSA) is 70.8 Å². The zero-order valence-corrected chi connectivity index (χ0v) is 17.6. The highest BCUT2D eigenvalue weighted by Gasteiger charge is 2.22. The molecule has 1 N–H and O–H groups in total. The summed E-state index contributed by atoms with van der Waals surface area (Å²) in [4.78, 5) is 20.7. The van der Waals surface area contributed by atoms with Crippen molar-refractivity contribution >= 4 is 29.0 Å². The molecule has 3 aromatic rings.